The summed E-state index contributed by atoms with van der Waals surface area (Å²) in [5.41, 5.74) is 7.35. The summed E-state index contributed by atoms with van der Waals surface area (Å²) in [6.45, 7) is 1.39. The monoisotopic (exact) mass is 349 g/mol. The molecule has 0 saturated carbocycles. The van der Waals surface area contributed by atoms with Crippen LogP contribution in [0.2, 0.25) is 0 Å². The van der Waals surface area contributed by atoms with Crippen LogP contribution in [0.5, 0.6) is 0 Å². The van der Waals surface area contributed by atoms with Crippen molar-refractivity contribution >= 4 is 17.6 Å². The number of likely N-dealkylation sites (tertiary alicyclic amines) is 1. The van der Waals surface area contributed by atoms with E-state index in [2.05, 4.69) is 9.97 Å². The van der Waals surface area contributed by atoms with Crippen molar-refractivity contribution in [2.24, 2.45) is 11.7 Å². The van der Waals surface area contributed by atoms with Gasteiger partial charge in [-0.15, -0.1) is 0 Å². The number of carbonyl (C=O) groups is 2. The number of benzene rings is 1. The SMILES string of the molecule is NC(=O)c1cccc(C[C@H]2CCN(C(=O)c3cn4cccnc4n3)C2)c1. The summed E-state index contributed by atoms with van der Waals surface area (Å²) < 4.78 is 1.75. The minimum absolute atomic E-state index is 0.0658. The Morgan fingerprint density at radius 1 is 1.27 bits per heavy atom. The van der Waals surface area contributed by atoms with Crippen molar-refractivity contribution in [1.29, 1.82) is 0 Å². The fourth-order valence-electron chi connectivity index (χ4n) is 3.46. The molecule has 0 aliphatic carbocycles. The molecular weight excluding hydrogens is 330 g/mol. The predicted octanol–water partition coefficient (Wildman–Crippen LogP) is 1.53. The summed E-state index contributed by atoms with van der Waals surface area (Å²) in [6.07, 6.45) is 6.94. The molecule has 2 aromatic heterocycles. The number of primary amides is 1. The predicted molar refractivity (Wildman–Crippen MR) is 95.7 cm³/mol. The lowest BCUT2D eigenvalue weighted by Gasteiger charge is -2.15. The molecule has 7 nitrogen and oxygen atoms in total. The molecule has 132 valence electrons. The highest BCUT2D eigenvalue weighted by molar-refractivity contribution is 5.93. The Labute approximate surface area is 150 Å². The van der Waals surface area contributed by atoms with Gasteiger partial charge in [0.15, 0.2) is 0 Å². The van der Waals surface area contributed by atoms with Crippen molar-refractivity contribution < 1.29 is 9.59 Å². The van der Waals surface area contributed by atoms with Gasteiger partial charge in [0, 0.05) is 37.2 Å². The van der Waals surface area contributed by atoms with Crippen LogP contribution in [-0.4, -0.2) is 44.2 Å². The molecule has 0 unspecified atom stereocenters. The number of amides is 2. The summed E-state index contributed by atoms with van der Waals surface area (Å²) in [4.78, 5) is 34.3. The number of hydrogen-bond donors (Lipinski definition) is 1. The molecule has 1 aliphatic rings. The average Bonchev–Trinajstić information content (AvgIpc) is 3.28. The van der Waals surface area contributed by atoms with Crippen LogP contribution < -0.4 is 5.73 Å². The van der Waals surface area contributed by atoms with Crippen LogP contribution in [0.25, 0.3) is 5.78 Å². The first-order valence-corrected chi connectivity index (χ1v) is 8.58. The van der Waals surface area contributed by atoms with Gasteiger partial charge in [0.25, 0.3) is 5.91 Å². The second-order valence-electron chi connectivity index (χ2n) is 6.63. The Balaban J connectivity index is 1.44. The number of fused-ring (bicyclic) bond motifs is 1. The summed E-state index contributed by atoms with van der Waals surface area (Å²) in [6, 6.07) is 9.19. The molecule has 1 aliphatic heterocycles. The smallest absolute Gasteiger partial charge is 0.274 e. The van der Waals surface area contributed by atoms with E-state index in [1.807, 2.05) is 29.3 Å². The second-order valence-corrected chi connectivity index (χ2v) is 6.63. The normalized spacial score (nSPS) is 16.9. The topological polar surface area (TPSA) is 93.6 Å². The van der Waals surface area contributed by atoms with Crippen molar-refractivity contribution in [3.05, 3.63) is 65.7 Å². The fraction of sp³-hybridized carbons (Fsp3) is 0.263. The molecule has 0 bridgehead atoms. The third-order valence-corrected chi connectivity index (χ3v) is 4.76. The highest BCUT2D eigenvalue weighted by Gasteiger charge is 2.28. The number of carbonyl (C=O) groups excluding carboxylic acids is 2. The Morgan fingerprint density at radius 2 is 2.15 bits per heavy atom. The third kappa shape index (κ3) is 3.15. The van der Waals surface area contributed by atoms with Gasteiger partial charge < -0.3 is 10.6 Å². The van der Waals surface area contributed by atoms with Crippen LogP contribution >= 0.6 is 0 Å². The molecule has 1 aromatic carbocycles. The standard InChI is InChI=1S/C19H19N5O2/c20-17(25)15-4-1-3-13(10-15)9-14-5-8-23(11-14)18(26)16-12-24-7-2-6-21-19(24)22-16/h1-4,6-7,10,12,14H,5,8-9,11H2,(H2,20,25)/t14-/m1/s1. The van der Waals surface area contributed by atoms with Gasteiger partial charge in [-0.05, 0) is 42.5 Å². The van der Waals surface area contributed by atoms with Crippen LogP contribution in [-0.2, 0) is 6.42 Å². The lowest BCUT2D eigenvalue weighted by Crippen LogP contribution is -2.29. The Kier molecular flexibility index (Phi) is 4.12. The third-order valence-electron chi connectivity index (χ3n) is 4.76. The van der Waals surface area contributed by atoms with E-state index in [1.165, 1.54) is 0 Å². The Morgan fingerprint density at radius 3 is 2.96 bits per heavy atom. The van der Waals surface area contributed by atoms with E-state index in [4.69, 9.17) is 5.73 Å². The molecule has 1 saturated heterocycles. The lowest BCUT2D eigenvalue weighted by molar-refractivity contribution is 0.0781. The summed E-state index contributed by atoms with van der Waals surface area (Å²) in [7, 11) is 0. The summed E-state index contributed by atoms with van der Waals surface area (Å²) in [5, 5.41) is 0. The van der Waals surface area contributed by atoms with Crippen LogP contribution in [0.1, 0.15) is 32.8 Å². The summed E-state index contributed by atoms with van der Waals surface area (Å²) in [5.74, 6) is 0.395. The molecule has 7 heteroatoms. The van der Waals surface area contributed by atoms with Gasteiger partial charge in [0.2, 0.25) is 11.7 Å². The quantitative estimate of drug-likeness (QED) is 0.773. The molecule has 1 fully saturated rings. The fourth-order valence-corrected chi connectivity index (χ4v) is 3.46. The van der Waals surface area contributed by atoms with E-state index < -0.39 is 5.91 Å². The zero-order chi connectivity index (χ0) is 18.1. The van der Waals surface area contributed by atoms with E-state index in [0.29, 0.717) is 36.0 Å². The number of rotatable bonds is 4. The van der Waals surface area contributed by atoms with E-state index >= 15 is 0 Å². The van der Waals surface area contributed by atoms with E-state index in [9.17, 15) is 9.59 Å². The van der Waals surface area contributed by atoms with Gasteiger partial charge in [-0.25, -0.2) is 9.97 Å². The highest BCUT2D eigenvalue weighted by atomic mass is 16.2. The zero-order valence-electron chi connectivity index (χ0n) is 14.2. The maximum atomic E-state index is 12.7. The zero-order valence-corrected chi connectivity index (χ0v) is 14.2. The molecule has 1 atom stereocenters. The van der Waals surface area contributed by atoms with Crippen LogP contribution in [0.4, 0.5) is 0 Å². The minimum Gasteiger partial charge on any atom is -0.366 e. The molecule has 2 amide bonds. The van der Waals surface area contributed by atoms with Gasteiger partial charge in [-0.3, -0.25) is 14.0 Å². The summed E-state index contributed by atoms with van der Waals surface area (Å²) >= 11 is 0. The van der Waals surface area contributed by atoms with Gasteiger partial charge in [0.1, 0.15) is 5.69 Å². The van der Waals surface area contributed by atoms with E-state index in [-0.39, 0.29) is 5.91 Å². The Bertz CT molecular complexity index is 948. The minimum atomic E-state index is -0.421. The second kappa shape index (κ2) is 6.59. The van der Waals surface area contributed by atoms with Crippen LogP contribution in [0.15, 0.2) is 48.9 Å². The number of hydrogen-bond acceptors (Lipinski definition) is 4. The van der Waals surface area contributed by atoms with Crippen molar-refractivity contribution in [2.45, 2.75) is 12.8 Å². The number of aromatic nitrogens is 3. The first kappa shape index (κ1) is 16.3. The molecule has 4 rings (SSSR count). The van der Waals surface area contributed by atoms with Gasteiger partial charge in [-0.1, -0.05) is 12.1 Å². The van der Waals surface area contributed by atoms with Crippen molar-refractivity contribution in [3.8, 4) is 0 Å². The number of imidazole rings is 1. The molecule has 3 heterocycles. The number of nitrogens with zero attached hydrogens (tertiary/aromatic N) is 4. The van der Waals surface area contributed by atoms with Crippen molar-refractivity contribution in [1.82, 2.24) is 19.3 Å². The molecule has 0 spiro atoms. The first-order valence-electron chi connectivity index (χ1n) is 8.58. The molecule has 26 heavy (non-hydrogen) atoms. The molecular formula is C19H19N5O2. The van der Waals surface area contributed by atoms with Gasteiger partial charge in [-0.2, -0.15) is 0 Å². The average molecular weight is 349 g/mol. The number of nitrogens with two attached hydrogens (primary N) is 1. The van der Waals surface area contributed by atoms with Crippen molar-refractivity contribution in [2.75, 3.05) is 13.1 Å². The molecule has 0 radical (unpaired) electrons. The van der Waals surface area contributed by atoms with E-state index in [1.54, 1.807) is 28.9 Å². The molecule has 3 aromatic rings. The maximum Gasteiger partial charge on any atom is 0.274 e. The van der Waals surface area contributed by atoms with E-state index in [0.717, 1.165) is 18.4 Å². The largest absolute Gasteiger partial charge is 0.366 e. The van der Waals surface area contributed by atoms with Crippen LogP contribution in [0.3, 0.4) is 0 Å². The van der Waals surface area contributed by atoms with Crippen molar-refractivity contribution in [3.63, 3.8) is 0 Å². The highest BCUT2D eigenvalue weighted by Crippen LogP contribution is 2.23. The Hall–Kier alpha value is -3.22. The lowest BCUT2D eigenvalue weighted by atomic mass is 9.97. The van der Waals surface area contributed by atoms with Crippen LogP contribution in [0, 0.1) is 5.92 Å². The molecule has 2 N–H and O–H groups in total. The first-order chi connectivity index (χ1) is 12.6. The van der Waals surface area contributed by atoms with Gasteiger partial charge in [0.05, 0.1) is 0 Å². The maximum absolute atomic E-state index is 12.7. The van der Waals surface area contributed by atoms with Gasteiger partial charge >= 0.3 is 0 Å².